The minimum Gasteiger partial charge on any atom is -0.493 e. The monoisotopic (exact) mass is 390 g/mol. The van der Waals surface area contributed by atoms with Crippen molar-refractivity contribution in [3.8, 4) is 17.2 Å². The molecule has 0 atom stereocenters. The molecule has 3 aromatic rings. The number of carbonyl (C=O) groups excluding carboxylic acids is 1. The van der Waals surface area contributed by atoms with Gasteiger partial charge in [-0.15, -0.1) is 0 Å². The summed E-state index contributed by atoms with van der Waals surface area (Å²) in [5.74, 6) is 2.41. The molecule has 150 valence electrons. The van der Waals surface area contributed by atoms with E-state index in [1.165, 1.54) is 0 Å². The molecule has 0 saturated heterocycles. The Hall–Kier alpha value is -3.47. The van der Waals surface area contributed by atoms with Gasteiger partial charge in [0.2, 0.25) is 0 Å². The molecule has 3 rings (SSSR count). The number of nitrogens with one attached hydrogen (secondary N) is 2. The third kappa shape index (κ3) is 6.28. The molecule has 5 heteroatoms. The number of carbonyl (C=O) groups is 1. The van der Waals surface area contributed by atoms with Gasteiger partial charge in [-0.1, -0.05) is 36.4 Å². The average Bonchev–Trinajstić information content (AvgIpc) is 2.72. The summed E-state index contributed by atoms with van der Waals surface area (Å²) in [5.41, 5.74) is 2.94. The number of ether oxygens (including phenoxy) is 2. The summed E-state index contributed by atoms with van der Waals surface area (Å²) in [4.78, 5) is 12.0. The van der Waals surface area contributed by atoms with Crippen molar-refractivity contribution in [1.82, 2.24) is 5.32 Å². The lowest BCUT2D eigenvalue weighted by Gasteiger charge is -2.12. The van der Waals surface area contributed by atoms with Crippen LogP contribution in [0.2, 0.25) is 0 Å². The highest BCUT2D eigenvalue weighted by atomic mass is 16.5. The van der Waals surface area contributed by atoms with Crippen LogP contribution in [0.1, 0.15) is 17.5 Å². The first-order valence-corrected chi connectivity index (χ1v) is 9.68. The molecular formula is C24H26N2O3. The van der Waals surface area contributed by atoms with Gasteiger partial charge in [0.05, 0.1) is 6.61 Å². The molecule has 0 aliphatic rings. The number of hydrogen-bond donors (Lipinski definition) is 2. The predicted molar refractivity (Wildman–Crippen MR) is 116 cm³/mol. The summed E-state index contributed by atoms with van der Waals surface area (Å²) >= 11 is 0. The summed E-state index contributed by atoms with van der Waals surface area (Å²) in [6, 6.07) is 22.7. The Bertz CT molecular complexity index is 904. The van der Waals surface area contributed by atoms with E-state index < -0.39 is 0 Å². The normalized spacial score (nSPS) is 10.3. The van der Waals surface area contributed by atoms with Gasteiger partial charge in [-0.05, 0) is 67.8 Å². The summed E-state index contributed by atoms with van der Waals surface area (Å²) in [6.07, 6.45) is 0.727. The Balaban J connectivity index is 1.37. The molecule has 0 heterocycles. The van der Waals surface area contributed by atoms with Gasteiger partial charge in [-0.3, -0.25) is 0 Å². The van der Waals surface area contributed by atoms with Gasteiger partial charge < -0.3 is 20.1 Å². The Morgan fingerprint density at radius 3 is 2.17 bits per heavy atom. The number of anilines is 1. The van der Waals surface area contributed by atoms with Crippen LogP contribution in [0.15, 0.2) is 72.8 Å². The largest absolute Gasteiger partial charge is 0.493 e. The minimum atomic E-state index is -0.242. The molecule has 0 aromatic heterocycles. The zero-order valence-corrected chi connectivity index (χ0v) is 16.8. The fourth-order valence-corrected chi connectivity index (χ4v) is 2.88. The summed E-state index contributed by atoms with van der Waals surface area (Å²) in [6.45, 7) is 5.15. The molecule has 3 aromatic carbocycles. The standard InChI is InChI=1S/C24H26N2O3/c1-18-8-6-9-19(2)23(18)28-17-7-16-25-24(27)26-20-12-14-22(15-13-20)29-21-10-4-3-5-11-21/h3-6,8-15H,7,16-17H2,1-2H3,(H2,25,26,27). The summed E-state index contributed by atoms with van der Waals surface area (Å²) in [5, 5.41) is 5.65. The first kappa shape index (κ1) is 20.3. The summed E-state index contributed by atoms with van der Waals surface area (Å²) in [7, 11) is 0. The van der Waals surface area contributed by atoms with Gasteiger partial charge in [0, 0.05) is 12.2 Å². The highest BCUT2D eigenvalue weighted by Gasteiger charge is 2.04. The number of para-hydroxylation sites is 2. The fraction of sp³-hybridized carbons (Fsp3) is 0.208. The first-order valence-electron chi connectivity index (χ1n) is 9.68. The molecule has 0 aliphatic carbocycles. The minimum absolute atomic E-state index is 0.242. The topological polar surface area (TPSA) is 59.6 Å². The number of aryl methyl sites for hydroxylation is 2. The lowest BCUT2D eigenvalue weighted by Crippen LogP contribution is -2.30. The molecule has 0 bridgehead atoms. The zero-order chi connectivity index (χ0) is 20.5. The highest BCUT2D eigenvalue weighted by Crippen LogP contribution is 2.23. The lowest BCUT2D eigenvalue weighted by molar-refractivity contribution is 0.250. The van der Waals surface area contributed by atoms with E-state index in [-0.39, 0.29) is 6.03 Å². The molecule has 0 unspecified atom stereocenters. The second-order valence-corrected chi connectivity index (χ2v) is 6.74. The molecule has 5 nitrogen and oxygen atoms in total. The Morgan fingerprint density at radius 2 is 1.48 bits per heavy atom. The lowest BCUT2D eigenvalue weighted by atomic mass is 10.1. The SMILES string of the molecule is Cc1cccc(C)c1OCCCNC(=O)Nc1ccc(Oc2ccccc2)cc1. The molecule has 0 spiro atoms. The number of benzene rings is 3. The van der Waals surface area contributed by atoms with Crippen LogP contribution < -0.4 is 20.1 Å². The maximum Gasteiger partial charge on any atom is 0.319 e. The third-order valence-corrected chi connectivity index (χ3v) is 4.35. The zero-order valence-electron chi connectivity index (χ0n) is 16.8. The number of rotatable bonds is 8. The van der Waals surface area contributed by atoms with Crippen LogP contribution in [-0.2, 0) is 0 Å². The van der Waals surface area contributed by atoms with E-state index in [1.807, 2.05) is 86.6 Å². The van der Waals surface area contributed by atoms with Crippen molar-refractivity contribution in [3.63, 3.8) is 0 Å². The van der Waals surface area contributed by atoms with Crippen LogP contribution in [0.25, 0.3) is 0 Å². The number of hydrogen-bond acceptors (Lipinski definition) is 3. The van der Waals surface area contributed by atoms with Crippen molar-refractivity contribution in [2.24, 2.45) is 0 Å². The van der Waals surface area contributed by atoms with E-state index >= 15 is 0 Å². The van der Waals surface area contributed by atoms with Gasteiger partial charge in [0.25, 0.3) is 0 Å². The van der Waals surface area contributed by atoms with E-state index in [9.17, 15) is 4.79 Å². The van der Waals surface area contributed by atoms with Crippen molar-refractivity contribution in [3.05, 3.63) is 83.9 Å². The second-order valence-electron chi connectivity index (χ2n) is 6.74. The van der Waals surface area contributed by atoms with Crippen LogP contribution >= 0.6 is 0 Å². The smallest absolute Gasteiger partial charge is 0.319 e. The Morgan fingerprint density at radius 1 is 0.828 bits per heavy atom. The van der Waals surface area contributed by atoms with Gasteiger partial charge in [-0.2, -0.15) is 0 Å². The Labute approximate surface area is 171 Å². The molecule has 2 N–H and O–H groups in total. The molecule has 0 saturated carbocycles. The van der Waals surface area contributed by atoms with Crippen molar-refractivity contribution >= 4 is 11.7 Å². The van der Waals surface area contributed by atoms with Gasteiger partial charge in [-0.25, -0.2) is 4.79 Å². The van der Waals surface area contributed by atoms with Crippen LogP contribution in [-0.4, -0.2) is 19.2 Å². The molecule has 2 amide bonds. The third-order valence-electron chi connectivity index (χ3n) is 4.35. The maximum absolute atomic E-state index is 12.0. The highest BCUT2D eigenvalue weighted by molar-refractivity contribution is 5.89. The van der Waals surface area contributed by atoms with E-state index in [0.717, 1.165) is 29.0 Å². The first-order chi connectivity index (χ1) is 14.1. The quantitative estimate of drug-likeness (QED) is 0.486. The number of amides is 2. The Kier molecular flexibility index (Phi) is 7.11. The molecule has 29 heavy (non-hydrogen) atoms. The van der Waals surface area contributed by atoms with E-state index in [1.54, 1.807) is 0 Å². The van der Waals surface area contributed by atoms with Crippen LogP contribution in [0, 0.1) is 13.8 Å². The van der Waals surface area contributed by atoms with E-state index in [0.29, 0.717) is 24.6 Å². The van der Waals surface area contributed by atoms with E-state index in [4.69, 9.17) is 9.47 Å². The second kappa shape index (κ2) is 10.2. The van der Waals surface area contributed by atoms with E-state index in [2.05, 4.69) is 10.6 Å². The summed E-state index contributed by atoms with van der Waals surface area (Å²) < 4.78 is 11.6. The van der Waals surface area contributed by atoms with Crippen LogP contribution in [0.5, 0.6) is 17.2 Å². The fourth-order valence-electron chi connectivity index (χ4n) is 2.88. The average molecular weight is 390 g/mol. The molecule has 0 fully saturated rings. The van der Waals surface area contributed by atoms with Crippen molar-refractivity contribution < 1.29 is 14.3 Å². The number of urea groups is 1. The van der Waals surface area contributed by atoms with Crippen LogP contribution in [0.4, 0.5) is 10.5 Å². The van der Waals surface area contributed by atoms with Crippen molar-refractivity contribution in [2.75, 3.05) is 18.5 Å². The maximum atomic E-state index is 12.0. The van der Waals surface area contributed by atoms with Crippen LogP contribution in [0.3, 0.4) is 0 Å². The predicted octanol–water partition coefficient (Wildman–Crippen LogP) is 5.69. The van der Waals surface area contributed by atoms with Crippen molar-refractivity contribution in [2.45, 2.75) is 20.3 Å². The van der Waals surface area contributed by atoms with Gasteiger partial charge >= 0.3 is 6.03 Å². The molecule has 0 radical (unpaired) electrons. The van der Waals surface area contributed by atoms with Gasteiger partial charge in [0.15, 0.2) is 0 Å². The molecular weight excluding hydrogens is 364 g/mol. The molecule has 0 aliphatic heterocycles. The van der Waals surface area contributed by atoms with Gasteiger partial charge in [0.1, 0.15) is 17.2 Å². The van der Waals surface area contributed by atoms with Crippen molar-refractivity contribution in [1.29, 1.82) is 0 Å².